The molecule has 0 aliphatic heterocycles. The Labute approximate surface area is 101 Å². The number of primary amides is 1. The summed E-state index contributed by atoms with van der Waals surface area (Å²) < 4.78 is 5.15. The van der Waals surface area contributed by atoms with Gasteiger partial charge in [-0.2, -0.15) is 0 Å². The Morgan fingerprint density at radius 3 is 2.71 bits per heavy atom. The minimum atomic E-state index is -0.478. The molecule has 0 saturated heterocycles. The highest BCUT2D eigenvalue weighted by Gasteiger charge is 1.97. The number of rotatable bonds is 6. The Morgan fingerprint density at radius 2 is 2.12 bits per heavy atom. The normalized spacial score (nSPS) is 9.24. The fraction of sp³-hybridized carbons (Fsp3) is 0.308. The number of hydrogen-bond donors (Lipinski definition) is 2. The molecule has 0 aliphatic rings. The van der Waals surface area contributed by atoms with E-state index in [1.54, 1.807) is 0 Å². The smallest absolute Gasteiger partial charge is 0.255 e. The molecule has 17 heavy (non-hydrogen) atoms. The minimum Gasteiger partial charge on any atom is -0.484 e. The highest BCUT2D eigenvalue weighted by Crippen LogP contribution is 2.11. The zero-order chi connectivity index (χ0) is 12.5. The van der Waals surface area contributed by atoms with Crippen molar-refractivity contribution in [3.8, 4) is 17.6 Å². The van der Waals surface area contributed by atoms with Crippen LogP contribution in [0, 0.1) is 11.8 Å². The molecule has 0 bridgehead atoms. The molecule has 0 saturated carbocycles. The first kappa shape index (κ1) is 13.1. The largest absolute Gasteiger partial charge is 0.484 e. The van der Waals surface area contributed by atoms with Gasteiger partial charge in [-0.15, -0.1) is 5.92 Å². The van der Waals surface area contributed by atoms with E-state index in [0.717, 1.165) is 12.1 Å². The molecule has 0 aliphatic carbocycles. The number of hydrogen-bond acceptors (Lipinski definition) is 3. The molecule has 90 valence electrons. The molecule has 1 amide bonds. The Hall–Kier alpha value is -1.99. The van der Waals surface area contributed by atoms with Crippen LogP contribution in [-0.2, 0) is 11.3 Å². The van der Waals surface area contributed by atoms with Crippen LogP contribution >= 0.6 is 0 Å². The number of amides is 1. The van der Waals surface area contributed by atoms with Crippen LogP contribution in [0.5, 0.6) is 5.75 Å². The van der Waals surface area contributed by atoms with Crippen molar-refractivity contribution in [2.45, 2.75) is 13.5 Å². The SMILES string of the molecule is CC#CCNCc1ccc(OCC(N)=O)cc1. The lowest BCUT2D eigenvalue weighted by Gasteiger charge is -2.05. The summed E-state index contributed by atoms with van der Waals surface area (Å²) >= 11 is 0. The zero-order valence-corrected chi connectivity index (χ0v) is 9.82. The van der Waals surface area contributed by atoms with Crippen molar-refractivity contribution in [1.82, 2.24) is 5.32 Å². The average Bonchev–Trinajstić information content (AvgIpc) is 2.33. The van der Waals surface area contributed by atoms with E-state index in [0.29, 0.717) is 12.3 Å². The van der Waals surface area contributed by atoms with Gasteiger partial charge in [-0.1, -0.05) is 18.1 Å². The molecule has 0 aromatic heterocycles. The molecule has 0 heterocycles. The summed E-state index contributed by atoms with van der Waals surface area (Å²) in [6.45, 7) is 3.15. The lowest BCUT2D eigenvalue weighted by atomic mass is 10.2. The van der Waals surface area contributed by atoms with Gasteiger partial charge in [0.1, 0.15) is 5.75 Å². The number of carbonyl (C=O) groups excluding carboxylic acids is 1. The predicted octanol–water partition coefficient (Wildman–Crippen LogP) is 0.664. The van der Waals surface area contributed by atoms with E-state index in [9.17, 15) is 4.79 Å². The molecule has 3 N–H and O–H groups in total. The van der Waals surface area contributed by atoms with Crippen molar-refractivity contribution in [1.29, 1.82) is 0 Å². The molecule has 0 spiro atoms. The van der Waals surface area contributed by atoms with E-state index < -0.39 is 5.91 Å². The molecule has 0 radical (unpaired) electrons. The zero-order valence-electron chi connectivity index (χ0n) is 9.82. The molecule has 1 rings (SSSR count). The molecule has 0 fully saturated rings. The fourth-order valence-corrected chi connectivity index (χ4v) is 1.22. The van der Waals surface area contributed by atoms with Gasteiger partial charge >= 0.3 is 0 Å². The monoisotopic (exact) mass is 232 g/mol. The lowest BCUT2D eigenvalue weighted by Crippen LogP contribution is -2.20. The Bertz CT molecular complexity index is 415. The quantitative estimate of drug-likeness (QED) is 0.559. The van der Waals surface area contributed by atoms with E-state index in [-0.39, 0.29) is 6.61 Å². The minimum absolute atomic E-state index is 0.0936. The van der Waals surface area contributed by atoms with E-state index in [1.165, 1.54) is 0 Å². The Kier molecular flexibility index (Phi) is 5.62. The van der Waals surface area contributed by atoms with Crippen molar-refractivity contribution in [3.63, 3.8) is 0 Å². The van der Waals surface area contributed by atoms with Gasteiger partial charge in [-0.05, 0) is 24.6 Å². The molecule has 1 aromatic carbocycles. The maximum absolute atomic E-state index is 10.5. The van der Waals surface area contributed by atoms with Gasteiger partial charge in [0.15, 0.2) is 6.61 Å². The Balaban J connectivity index is 2.38. The van der Waals surface area contributed by atoms with E-state index in [4.69, 9.17) is 10.5 Å². The van der Waals surface area contributed by atoms with E-state index in [1.807, 2.05) is 31.2 Å². The fourth-order valence-electron chi connectivity index (χ4n) is 1.22. The summed E-state index contributed by atoms with van der Waals surface area (Å²) in [5.74, 6) is 5.90. The second-order valence-corrected chi connectivity index (χ2v) is 3.43. The lowest BCUT2D eigenvalue weighted by molar-refractivity contribution is -0.119. The first-order valence-electron chi connectivity index (χ1n) is 5.32. The van der Waals surface area contributed by atoms with Gasteiger partial charge in [0.2, 0.25) is 0 Å². The van der Waals surface area contributed by atoms with Gasteiger partial charge in [-0.25, -0.2) is 0 Å². The molecule has 0 unspecified atom stereocenters. The van der Waals surface area contributed by atoms with Crippen LogP contribution in [0.2, 0.25) is 0 Å². The third-order valence-electron chi connectivity index (χ3n) is 2.02. The predicted molar refractivity (Wildman–Crippen MR) is 66.3 cm³/mol. The number of nitrogens with one attached hydrogen (secondary N) is 1. The Morgan fingerprint density at radius 1 is 1.41 bits per heavy atom. The van der Waals surface area contributed by atoms with E-state index in [2.05, 4.69) is 17.2 Å². The summed E-state index contributed by atoms with van der Waals surface area (Å²) in [5, 5.41) is 3.18. The summed E-state index contributed by atoms with van der Waals surface area (Å²) in [4.78, 5) is 10.5. The van der Waals surface area contributed by atoms with Gasteiger partial charge in [0.25, 0.3) is 5.91 Å². The van der Waals surface area contributed by atoms with Crippen LogP contribution in [0.1, 0.15) is 12.5 Å². The summed E-state index contributed by atoms with van der Waals surface area (Å²) in [5.41, 5.74) is 6.11. The molecular weight excluding hydrogens is 216 g/mol. The van der Waals surface area contributed by atoms with Gasteiger partial charge in [-0.3, -0.25) is 4.79 Å². The van der Waals surface area contributed by atoms with Crippen molar-refractivity contribution in [2.75, 3.05) is 13.2 Å². The average molecular weight is 232 g/mol. The second kappa shape index (κ2) is 7.31. The van der Waals surface area contributed by atoms with Crippen LogP contribution < -0.4 is 15.8 Å². The molecule has 4 nitrogen and oxygen atoms in total. The first-order valence-corrected chi connectivity index (χ1v) is 5.32. The standard InChI is InChI=1S/C13H16N2O2/c1-2-3-8-15-9-11-4-6-12(7-5-11)17-10-13(14)16/h4-7,15H,8-10H2,1H3,(H2,14,16). The van der Waals surface area contributed by atoms with Crippen molar-refractivity contribution in [2.24, 2.45) is 5.73 Å². The van der Waals surface area contributed by atoms with Crippen molar-refractivity contribution in [3.05, 3.63) is 29.8 Å². The topological polar surface area (TPSA) is 64.3 Å². The summed E-state index contributed by atoms with van der Waals surface area (Å²) in [7, 11) is 0. The maximum atomic E-state index is 10.5. The van der Waals surface area contributed by atoms with Gasteiger partial charge in [0, 0.05) is 6.54 Å². The van der Waals surface area contributed by atoms with Crippen molar-refractivity contribution >= 4 is 5.91 Å². The van der Waals surface area contributed by atoms with Crippen LogP contribution in [0.25, 0.3) is 0 Å². The second-order valence-electron chi connectivity index (χ2n) is 3.43. The van der Waals surface area contributed by atoms with Crippen LogP contribution in [0.4, 0.5) is 0 Å². The highest BCUT2D eigenvalue weighted by molar-refractivity contribution is 5.75. The van der Waals surface area contributed by atoms with Crippen LogP contribution in [0.15, 0.2) is 24.3 Å². The van der Waals surface area contributed by atoms with Crippen molar-refractivity contribution < 1.29 is 9.53 Å². The summed E-state index contributed by atoms with van der Waals surface area (Å²) in [6, 6.07) is 7.49. The van der Waals surface area contributed by atoms with E-state index >= 15 is 0 Å². The third-order valence-corrected chi connectivity index (χ3v) is 2.02. The number of carbonyl (C=O) groups is 1. The third kappa shape index (κ3) is 5.59. The number of benzene rings is 1. The van der Waals surface area contributed by atoms with Crippen LogP contribution in [-0.4, -0.2) is 19.1 Å². The highest BCUT2D eigenvalue weighted by atomic mass is 16.5. The number of ether oxygens (including phenoxy) is 1. The number of nitrogens with two attached hydrogens (primary N) is 1. The van der Waals surface area contributed by atoms with Gasteiger partial charge in [0.05, 0.1) is 6.54 Å². The first-order chi connectivity index (χ1) is 8.22. The maximum Gasteiger partial charge on any atom is 0.255 e. The van der Waals surface area contributed by atoms with Gasteiger partial charge < -0.3 is 15.8 Å². The van der Waals surface area contributed by atoms with Crippen LogP contribution in [0.3, 0.4) is 0 Å². The summed E-state index contributed by atoms with van der Waals surface area (Å²) in [6.07, 6.45) is 0. The molecule has 0 atom stereocenters. The molecule has 1 aromatic rings. The molecular formula is C13H16N2O2. The molecule has 4 heteroatoms.